The quantitative estimate of drug-likeness (QED) is 0.507. The minimum Gasteiger partial charge on any atom is -0.292 e. The first-order valence-electron chi connectivity index (χ1n) is 7.36. The summed E-state index contributed by atoms with van der Waals surface area (Å²) >= 11 is 0. The molecule has 0 aliphatic heterocycles. The molecule has 0 fully saturated rings. The van der Waals surface area contributed by atoms with E-state index in [0.29, 0.717) is 11.5 Å². The van der Waals surface area contributed by atoms with Crippen molar-refractivity contribution in [2.75, 3.05) is 0 Å². The largest absolute Gasteiger partial charge is 0.373 e. The van der Waals surface area contributed by atoms with Crippen molar-refractivity contribution in [3.63, 3.8) is 0 Å². The molecule has 0 aliphatic carbocycles. The van der Waals surface area contributed by atoms with Crippen LogP contribution in [0.4, 0.5) is 0 Å². The SMILES string of the molecule is CCCCC([CH]OOC(=O)c1cc(C)ccc1C)CC. The fourth-order valence-electron chi connectivity index (χ4n) is 1.99. The van der Waals surface area contributed by atoms with E-state index in [9.17, 15) is 4.79 Å². The van der Waals surface area contributed by atoms with Gasteiger partial charge in [-0.25, -0.2) is 4.79 Å². The van der Waals surface area contributed by atoms with Gasteiger partial charge in [-0.1, -0.05) is 50.8 Å². The first kappa shape index (κ1) is 16.7. The topological polar surface area (TPSA) is 35.5 Å². The van der Waals surface area contributed by atoms with Gasteiger partial charge in [0.05, 0.1) is 5.56 Å². The molecule has 0 saturated heterocycles. The number of rotatable bonds is 8. The third-order valence-corrected chi connectivity index (χ3v) is 3.44. The van der Waals surface area contributed by atoms with Gasteiger partial charge in [0.1, 0.15) is 6.61 Å². The van der Waals surface area contributed by atoms with E-state index in [1.807, 2.05) is 32.0 Å². The predicted octanol–water partition coefficient (Wildman–Crippen LogP) is 4.77. The molecule has 0 bridgehead atoms. The van der Waals surface area contributed by atoms with E-state index < -0.39 is 5.97 Å². The van der Waals surface area contributed by atoms with Gasteiger partial charge >= 0.3 is 5.97 Å². The van der Waals surface area contributed by atoms with Crippen LogP contribution in [0.1, 0.15) is 61.0 Å². The average Bonchev–Trinajstić information content (AvgIpc) is 2.45. The highest BCUT2D eigenvalue weighted by Crippen LogP contribution is 2.17. The van der Waals surface area contributed by atoms with Crippen LogP contribution in [0, 0.1) is 26.4 Å². The molecule has 1 radical (unpaired) electrons. The number of benzene rings is 1. The molecule has 1 unspecified atom stereocenters. The fraction of sp³-hybridized carbons (Fsp3) is 0.529. The van der Waals surface area contributed by atoms with Gasteiger partial charge in [0.2, 0.25) is 0 Å². The van der Waals surface area contributed by atoms with E-state index >= 15 is 0 Å². The molecule has 0 heterocycles. The van der Waals surface area contributed by atoms with E-state index in [0.717, 1.165) is 36.8 Å². The van der Waals surface area contributed by atoms with Gasteiger partial charge < -0.3 is 0 Å². The van der Waals surface area contributed by atoms with Gasteiger partial charge in [-0.05, 0) is 37.8 Å². The molecule has 111 valence electrons. The summed E-state index contributed by atoms with van der Waals surface area (Å²) < 4.78 is 0. The molecule has 1 atom stereocenters. The molecule has 0 N–H and O–H groups in total. The van der Waals surface area contributed by atoms with E-state index in [2.05, 4.69) is 13.8 Å². The van der Waals surface area contributed by atoms with Gasteiger partial charge in [0.15, 0.2) is 0 Å². The van der Waals surface area contributed by atoms with Crippen molar-refractivity contribution < 1.29 is 14.6 Å². The van der Waals surface area contributed by atoms with Crippen molar-refractivity contribution in [2.45, 2.75) is 53.4 Å². The molecule has 0 saturated carbocycles. The number of unbranched alkanes of at least 4 members (excludes halogenated alkanes) is 1. The smallest absolute Gasteiger partial charge is 0.292 e. The lowest BCUT2D eigenvalue weighted by molar-refractivity contribution is -0.219. The van der Waals surface area contributed by atoms with Gasteiger partial charge in [0, 0.05) is 0 Å². The molecule has 1 rings (SSSR count). The Balaban J connectivity index is 2.44. The van der Waals surface area contributed by atoms with Crippen LogP contribution in [0.5, 0.6) is 0 Å². The fourth-order valence-corrected chi connectivity index (χ4v) is 1.99. The summed E-state index contributed by atoms with van der Waals surface area (Å²) in [7, 11) is 0. The second-order valence-corrected chi connectivity index (χ2v) is 5.23. The second-order valence-electron chi connectivity index (χ2n) is 5.23. The van der Waals surface area contributed by atoms with Crippen LogP contribution in [-0.2, 0) is 9.78 Å². The van der Waals surface area contributed by atoms with Crippen molar-refractivity contribution in [2.24, 2.45) is 5.92 Å². The first-order valence-corrected chi connectivity index (χ1v) is 7.36. The normalized spacial score (nSPS) is 12.2. The molecule has 0 amide bonds. The Morgan fingerprint density at radius 1 is 1.30 bits per heavy atom. The summed E-state index contributed by atoms with van der Waals surface area (Å²) in [4.78, 5) is 21.8. The molecule has 3 nitrogen and oxygen atoms in total. The van der Waals surface area contributed by atoms with Crippen LogP contribution < -0.4 is 0 Å². The summed E-state index contributed by atoms with van der Waals surface area (Å²) in [6, 6.07) is 5.69. The molecule has 20 heavy (non-hydrogen) atoms. The van der Waals surface area contributed by atoms with Gasteiger partial charge in [0.25, 0.3) is 0 Å². The van der Waals surface area contributed by atoms with Crippen molar-refractivity contribution in [1.29, 1.82) is 0 Å². The number of aryl methyl sites for hydroxylation is 2. The zero-order valence-corrected chi connectivity index (χ0v) is 12.9. The Morgan fingerprint density at radius 3 is 2.70 bits per heavy atom. The number of hydrogen-bond donors (Lipinski definition) is 0. The number of hydrogen-bond acceptors (Lipinski definition) is 3. The van der Waals surface area contributed by atoms with Crippen molar-refractivity contribution in [3.05, 3.63) is 41.5 Å². The molecule has 1 aromatic rings. The van der Waals surface area contributed by atoms with Crippen LogP contribution in [-0.4, -0.2) is 5.97 Å². The van der Waals surface area contributed by atoms with E-state index in [1.165, 1.54) is 0 Å². The zero-order valence-electron chi connectivity index (χ0n) is 12.9. The lowest BCUT2D eigenvalue weighted by Crippen LogP contribution is -2.10. The molecular weight excluding hydrogens is 252 g/mol. The van der Waals surface area contributed by atoms with Crippen LogP contribution >= 0.6 is 0 Å². The maximum Gasteiger partial charge on any atom is 0.373 e. The summed E-state index contributed by atoms with van der Waals surface area (Å²) in [6.07, 6.45) is 4.37. The number of carbonyl (C=O) groups excluding carboxylic acids is 1. The highest BCUT2D eigenvalue weighted by Gasteiger charge is 2.14. The lowest BCUT2D eigenvalue weighted by atomic mass is 10.0. The van der Waals surface area contributed by atoms with E-state index in [-0.39, 0.29) is 0 Å². The Labute approximate surface area is 122 Å². The summed E-state index contributed by atoms with van der Waals surface area (Å²) in [5, 5.41) is 0. The summed E-state index contributed by atoms with van der Waals surface area (Å²) in [5.74, 6) is -0.103. The Hall–Kier alpha value is -1.35. The number of carbonyl (C=O) groups is 1. The minimum atomic E-state index is -0.437. The maximum atomic E-state index is 11.9. The van der Waals surface area contributed by atoms with Crippen molar-refractivity contribution in [3.8, 4) is 0 Å². The van der Waals surface area contributed by atoms with E-state index in [1.54, 1.807) is 6.61 Å². The van der Waals surface area contributed by atoms with Crippen molar-refractivity contribution >= 4 is 5.97 Å². The highest BCUT2D eigenvalue weighted by molar-refractivity contribution is 5.90. The Bertz CT molecular complexity index is 426. The monoisotopic (exact) mass is 277 g/mol. The van der Waals surface area contributed by atoms with Crippen molar-refractivity contribution in [1.82, 2.24) is 0 Å². The zero-order chi connectivity index (χ0) is 15.0. The van der Waals surface area contributed by atoms with E-state index in [4.69, 9.17) is 9.78 Å². The van der Waals surface area contributed by atoms with Crippen LogP contribution in [0.2, 0.25) is 0 Å². The maximum absolute atomic E-state index is 11.9. The average molecular weight is 277 g/mol. The van der Waals surface area contributed by atoms with Gasteiger partial charge in [-0.3, -0.25) is 4.89 Å². The third kappa shape index (κ3) is 5.33. The molecular formula is C17H25O3. The molecule has 0 spiro atoms. The first-order chi connectivity index (χ1) is 9.58. The minimum absolute atomic E-state index is 0.335. The Morgan fingerprint density at radius 2 is 2.05 bits per heavy atom. The third-order valence-electron chi connectivity index (χ3n) is 3.44. The molecule has 0 aromatic heterocycles. The highest BCUT2D eigenvalue weighted by atomic mass is 17.2. The molecule has 3 heteroatoms. The van der Waals surface area contributed by atoms with Gasteiger partial charge in [-0.2, -0.15) is 4.89 Å². The van der Waals surface area contributed by atoms with Crippen LogP contribution in [0.15, 0.2) is 18.2 Å². The second kappa shape index (κ2) is 8.75. The van der Waals surface area contributed by atoms with Crippen LogP contribution in [0.3, 0.4) is 0 Å². The summed E-state index contributed by atoms with van der Waals surface area (Å²) in [6.45, 7) is 9.73. The van der Waals surface area contributed by atoms with Crippen LogP contribution in [0.25, 0.3) is 0 Å². The standard InChI is InChI=1S/C17H25O3/c1-5-7-8-15(6-2)12-19-20-17(18)16-11-13(3)9-10-14(16)4/h9-12,15H,5-8H2,1-4H3. The lowest BCUT2D eigenvalue weighted by Gasteiger charge is -2.13. The summed E-state index contributed by atoms with van der Waals surface area (Å²) in [5.41, 5.74) is 2.48. The predicted molar refractivity (Wildman–Crippen MR) is 80.0 cm³/mol. The van der Waals surface area contributed by atoms with Gasteiger partial charge in [-0.15, -0.1) is 0 Å². The Kier molecular flexibility index (Phi) is 7.31. The molecule has 1 aromatic carbocycles. The molecule has 0 aliphatic rings.